The molecule has 7 heteroatoms. The molecule has 1 atom stereocenters. The van der Waals surface area contributed by atoms with Gasteiger partial charge in [0.1, 0.15) is 6.04 Å². The number of nitrogens with one attached hydrogen (secondary N) is 1. The van der Waals surface area contributed by atoms with Gasteiger partial charge >= 0.3 is 94.6 Å². The monoisotopic (exact) mass is 189 g/mol. The molecule has 0 aliphatic heterocycles. The van der Waals surface area contributed by atoms with E-state index in [2.05, 4.69) is 5.32 Å². The van der Waals surface area contributed by atoms with Crippen LogP contribution in [-0.2, 0) is 9.59 Å². The Morgan fingerprint density at radius 3 is 2.00 bits per heavy atom. The fourth-order valence-corrected chi connectivity index (χ4v) is 0.173. The smallest absolute Gasteiger partial charge is 1.00 e. The normalized spacial score (nSPS) is 8.82. The average molecular weight is 189 g/mol. The maximum Gasteiger partial charge on any atom is 1.00 e. The third-order valence-corrected chi connectivity index (χ3v) is 0.688. The van der Waals surface area contributed by atoms with E-state index in [1.54, 1.807) is 0 Å². The van der Waals surface area contributed by atoms with Crippen molar-refractivity contribution in [2.75, 3.05) is 0 Å². The van der Waals surface area contributed by atoms with Crippen LogP contribution in [0.4, 0.5) is 0 Å². The molecule has 0 bridgehead atoms. The minimum atomic E-state index is -1.03. The summed E-state index contributed by atoms with van der Waals surface area (Å²) in [5.74, 6) is -1.03. The molecule has 0 aromatic carbocycles. The van der Waals surface area contributed by atoms with Gasteiger partial charge < -0.3 is 14.7 Å². The molecule has 2 N–H and O–H groups in total. The van der Waals surface area contributed by atoms with Crippen molar-refractivity contribution in [1.82, 2.24) is 5.32 Å². The molecular formula is C4H10NNa3O3. The SMILES string of the molecule is C[C@H](NC=O)C(=O)O.[H-].[H-].[H-].[Na+].[Na+].[Na+]. The second-order valence-corrected chi connectivity index (χ2v) is 1.34. The zero-order valence-corrected chi connectivity index (χ0v) is 13.4. The summed E-state index contributed by atoms with van der Waals surface area (Å²) in [7, 11) is 0. The van der Waals surface area contributed by atoms with E-state index in [0.29, 0.717) is 6.41 Å². The predicted octanol–water partition coefficient (Wildman–Crippen LogP) is -9.45. The number of hydrogen-bond donors (Lipinski definition) is 2. The predicted molar refractivity (Wildman–Crippen MR) is 29.6 cm³/mol. The Labute approximate surface area is 136 Å². The minimum absolute atomic E-state index is 0. The first-order valence-electron chi connectivity index (χ1n) is 2.11. The van der Waals surface area contributed by atoms with Crippen molar-refractivity contribution >= 4 is 12.4 Å². The van der Waals surface area contributed by atoms with Crippen LogP contribution in [0.5, 0.6) is 0 Å². The van der Waals surface area contributed by atoms with Crippen molar-refractivity contribution in [3.63, 3.8) is 0 Å². The second-order valence-electron chi connectivity index (χ2n) is 1.34. The molecule has 0 heterocycles. The number of carboxylic acids is 1. The number of carbonyl (C=O) groups excluding carboxylic acids is 1. The van der Waals surface area contributed by atoms with Gasteiger partial charge in [-0.1, -0.05) is 0 Å². The van der Waals surface area contributed by atoms with Gasteiger partial charge in [0.25, 0.3) is 0 Å². The topological polar surface area (TPSA) is 66.4 Å². The van der Waals surface area contributed by atoms with E-state index in [4.69, 9.17) is 5.11 Å². The van der Waals surface area contributed by atoms with E-state index >= 15 is 0 Å². The molecule has 0 rings (SSSR count). The number of aliphatic carboxylic acids is 1. The van der Waals surface area contributed by atoms with Crippen LogP contribution in [0.1, 0.15) is 11.2 Å². The Bertz CT molecular complexity index is 121. The summed E-state index contributed by atoms with van der Waals surface area (Å²) in [5, 5.41) is 10.2. The van der Waals surface area contributed by atoms with Gasteiger partial charge in [0, 0.05) is 0 Å². The summed E-state index contributed by atoms with van der Waals surface area (Å²) in [4.78, 5) is 19.4. The van der Waals surface area contributed by atoms with Gasteiger partial charge in [0.05, 0.1) is 0 Å². The first-order valence-corrected chi connectivity index (χ1v) is 2.11. The first kappa shape index (κ1) is 23.1. The van der Waals surface area contributed by atoms with Gasteiger partial charge in [0.15, 0.2) is 0 Å². The number of amides is 1. The Hall–Kier alpha value is 1.94. The van der Waals surface area contributed by atoms with Crippen molar-refractivity contribution < 1.29 is 108 Å². The van der Waals surface area contributed by atoms with E-state index in [1.807, 2.05) is 0 Å². The van der Waals surface area contributed by atoms with Crippen molar-refractivity contribution in [3.05, 3.63) is 0 Å². The summed E-state index contributed by atoms with van der Waals surface area (Å²) in [6.07, 6.45) is 0.360. The van der Waals surface area contributed by atoms with Crippen molar-refractivity contribution in [3.8, 4) is 0 Å². The number of rotatable bonds is 3. The Balaban J connectivity index is -0.0000000163. The van der Waals surface area contributed by atoms with Gasteiger partial charge in [-0.25, -0.2) is 0 Å². The van der Waals surface area contributed by atoms with Gasteiger partial charge in [-0.15, -0.1) is 0 Å². The molecule has 0 aliphatic rings. The second kappa shape index (κ2) is 14.5. The van der Waals surface area contributed by atoms with Crippen LogP contribution in [0.2, 0.25) is 0 Å². The molecule has 52 valence electrons. The van der Waals surface area contributed by atoms with E-state index < -0.39 is 12.0 Å². The molecule has 0 saturated carbocycles. The first-order chi connectivity index (χ1) is 3.68. The Morgan fingerprint density at radius 2 is 1.91 bits per heavy atom. The van der Waals surface area contributed by atoms with E-state index in [-0.39, 0.29) is 93.0 Å². The Kier molecular flexibility index (Phi) is 30.3. The number of hydrogen-bond acceptors (Lipinski definition) is 2. The van der Waals surface area contributed by atoms with Crippen LogP contribution >= 0.6 is 0 Å². The van der Waals surface area contributed by atoms with Crippen LogP contribution in [-0.4, -0.2) is 23.5 Å². The molecule has 0 aliphatic carbocycles. The molecule has 11 heavy (non-hydrogen) atoms. The summed E-state index contributed by atoms with van der Waals surface area (Å²) >= 11 is 0. The van der Waals surface area contributed by atoms with Crippen molar-refractivity contribution in [2.45, 2.75) is 13.0 Å². The standard InChI is InChI=1S/C4H7NO3.3Na.3H/c1-3(4(7)8)5-2-6;;;;;;/h2-3H,1H3,(H,5,6)(H,7,8);;;;;;/q;3*+1;3*-1/t3-;;;;;;/m0....../s1. The molecule has 0 saturated heterocycles. The van der Waals surface area contributed by atoms with E-state index in [9.17, 15) is 9.59 Å². The van der Waals surface area contributed by atoms with Crippen molar-refractivity contribution in [1.29, 1.82) is 0 Å². The average Bonchev–Trinajstić information content (AvgIpc) is 1.67. The van der Waals surface area contributed by atoms with Crippen LogP contribution in [0, 0.1) is 0 Å². The zero-order chi connectivity index (χ0) is 6.57. The zero-order valence-electron chi connectivity index (χ0n) is 10.4. The molecule has 4 nitrogen and oxygen atoms in total. The molecule has 0 aromatic rings. The third kappa shape index (κ3) is 14.8. The summed E-state index contributed by atoms with van der Waals surface area (Å²) < 4.78 is 0. The number of carbonyl (C=O) groups is 2. The van der Waals surface area contributed by atoms with Gasteiger partial charge in [-0.3, -0.25) is 9.59 Å². The van der Waals surface area contributed by atoms with Gasteiger partial charge in [0.2, 0.25) is 6.41 Å². The summed E-state index contributed by atoms with van der Waals surface area (Å²) in [6, 6.07) is -0.785. The fourth-order valence-electron chi connectivity index (χ4n) is 0.173. The Morgan fingerprint density at radius 1 is 1.55 bits per heavy atom. The summed E-state index contributed by atoms with van der Waals surface area (Å²) in [6.45, 7) is 1.39. The number of carboxylic acid groups (broad SMARTS) is 1. The van der Waals surface area contributed by atoms with Crippen molar-refractivity contribution in [2.24, 2.45) is 0 Å². The van der Waals surface area contributed by atoms with E-state index in [1.165, 1.54) is 6.92 Å². The molecular weight excluding hydrogens is 179 g/mol. The van der Waals surface area contributed by atoms with Crippen LogP contribution in [0.15, 0.2) is 0 Å². The molecule has 0 unspecified atom stereocenters. The van der Waals surface area contributed by atoms with Gasteiger partial charge in [-0.2, -0.15) is 0 Å². The molecule has 0 aromatic heterocycles. The summed E-state index contributed by atoms with van der Waals surface area (Å²) in [5.41, 5.74) is 0. The van der Waals surface area contributed by atoms with Crippen LogP contribution in [0.3, 0.4) is 0 Å². The molecule has 0 spiro atoms. The van der Waals surface area contributed by atoms with Crippen LogP contribution < -0.4 is 94.0 Å². The fraction of sp³-hybridized carbons (Fsp3) is 0.500. The van der Waals surface area contributed by atoms with Crippen LogP contribution in [0.25, 0.3) is 0 Å². The van der Waals surface area contributed by atoms with Gasteiger partial charge in [-0.05, 0) is 6.92 Å². The molecule has 1 amide bonds. The minimum Gasteiger partial charge on any atom is -1.00 e. The maximum atomic E-state index is 9.87. The third-order valence-electron chi connectivity index (χ3n) is 0.688. The molecule has 0 radical (unpaired) electrons. The quantitative estimate of drug-likeness (QED) is 0.342. The largest absolute Gasteiger partial charge is 1.00 e. The maximum absolute atomic E-state index is 9.87. The van der Waals surface area contributed by atoms with E-state index in [0.717, 1.165) is 0 Å². The molecule has 0 fully saturated rings.